The van der Waals surface area contributed by atoms with Gasteiger partial charge in [0.05, 0.1) is 35.3 Å². The topological polar surface area (TPSA) is 123 Å². The molecule has 0 aliphatic rings. The number of hydrogen-bond acceptors (Lipinski definition) is 10. The van der Waals surface area contributed by atoms with E-state index in [1.54, 1.807) is 37.4 Å². The fourth-order valence-electron chi connectivity index (χ4n) is 3.65. The summed E-state index contributed by atoms with van der Waals surface area (Å²) in [6.45, 7) is 2.51. The minimum absolute atomic E-state index is 0.0362. The Morgan fingerprint density at radius 3 is 2.53 bits per heavy atom. The zero-order valence-electron chi connectivity index (χ0n) is 21.0. The molecular formula is C25H29N9O2. The maximum Gasteiger partial charge on any atom is 0.184 e. The van der Waals surface area contributed by atoms with Crippen molar-refractivity contribution in [3.05, 3.63) is 60.2 Å². The second-order valence-electron chi connectivity index (χ2n) is 8.42. The average Bonchev–Trinajstić information content (AvgIpc) is 3.30. The van der Waals surface area contributed by atoms with Gasteiger partial charge in [-0.1, -0.05) is 13.0 Å². The molecule has 0 bridgehead atoms. The fourth-order valence-corrected chi connectivity index (χ4v) is 3.65. The summed E-state index contributed by atoms with van der Waals surface area (Å²) in [6, 6.07) is 11.2. The third-order valence-corrected chi connectivity index (χ3v) is 5.31. The summed E-state index contributed by atoms with van der Waals surface area (Å²) < 4.78 is 7.34. The van der Waals surface area contributed by atoms with Gasteiger partial charge >= 0.3 is 0 Å². The number of para-hydroxylation sites is 1. The number of pyridine rings is 1. The van der Waals surface area contributed by atoms with Gasteiger partial charge in [0.25, 0.3) is 0 Å². The van der Waals surface area contributed by atoms with Gasteiger partial charge in [-0.05, 0) is 38.4 Å². The summed E-state index contributed by atoms with van der Waals surface area (Å²) in [4.78, 5) is 23.5. The highest BCUT2D eigenvalue weighted by Gasteiger charge is 2.18. The van der Waals surface area contributed by atoms with Crippen LogP contribution in [0, 0.1) is 0 Å². The molecule has 0 unspecified atom stereocenters. The smallest absolute Gasteiger partial charge is 0.184 e. The van der Waals surface area contributed by atoms with E-state index in [0.717, 1.165) is 11.3 Å². The first kappa shape index (κ1) is 24.7. The Morgan fingerprint density at radius 2 is 1.89 bits per heavy atom. The average molecular weight is 488 g/mol. The van der Waals surface area contributed by atoms with Crippen LogP contribution in [0.3, 0.4) is 0 Å². The van der Waals surface area contributed by atoms with Crippen molar-refractivity contribution in [1.29, 1.82) is 0 Å². The number of aryl methyl sites for hydroxylation is 1. The summed E-state index contributed by atoms with van der Waals surface area (Å²) in [5, 5.41) is 19.4. The predicted octanol–water partition coefficient (Wildman–Crippen LogP) is 3.82. The number of carbonyl (C=O) groups is 1. The SMILES string of the molecule is CCC(=O)c1cnc(Nc2ccc(CN(C)C)nn2)cc1Nc1cccc(-c2ncn(C)n2)c1OC. The molecule has 36 heavy (non-hydrogen) atoms. The van der Waals surface area contributed by atoms with Crippen LogP contribution >= 0.6 is 0 Å². The van der Waals surface area contributed by atoms with E-state index in [1.807, 2.05) is 56.3 Å². The summed E-state index contributed by atoms with van der Waals surface area (Å²) in [5.74, 6) is 2.13. The quantitative estimate of drug-likeness (QED) is 0.319. The van der Waals surface area contributed by atoms with Gasteiger partial charge in [0.1, 0.15) is 12.1 Å². The number of ketones is 1. The normalized spacial score (nSPS) is 10.9. The summed E-state index contributed by atoms with van der Waals surface area (Å²) >= 11 is 0. The van der Waals surface area contributed by atoms with Crippen molar-refractivity contribution in [3.8, 4) is 17.1 Å². The highest BCUT2D eigenvalue weighted by Crippen LogP contribution is 2.37. The molecule has 0 saturated heterocycles. The molecule has 0 saturated carbocycles. The van der Waals surface area contributed by atoms with Crippen LogP contribution in [0.5, 0.6) is 5.75 Å². The molecule has 0 radical (unpaired) electrons. The highest BCUT2D eigenvalue weighted by atomic mass is 16.5. The number of nitrogens with one attached hydrogen (secondary N) is 2. The van der Waals surface area contributed by atoms with Crippen LogP contribution in [0.4, 0.5) is 23.0 Å². The predicted molar refractivity (Wildman–Crippen MR) is 138 cm³/mol. The standard InChI is InChI=1S/C25H29N9O2/c1-6-21(35)18-13-26-23(29-22-11-10-16(30-31-22)14-33(2)3)12-20(18)28-19-9-7-8-17(24(19)36-5)25-27-15-34(4)32-25/h7-13,15H,6,14H2,1-5H3,(H2,26,28,29,31). The molecule has 4 rings (SSSR count). The largest absolute Gasteiger partial charge is 0.494 e. The second kappa shape index (κ2) is 10.9. The highest BCUT2D eigenvalue weighted by molar-refractivity contribution is 6.02. The summed E-state index contributed by atoms with van der Waals surface area (Å²) in [5.41, 5.74) is 3.31. The number of carbonyl (C=O) groups excluding carboxylic acids is 1. The van der Waals surface area contributed by atoms with Crippen LogP contribution in [0.1, 0.15) is 29.4 Å². The molecule has 11 nitrogen and oxygen atoms in total. The Hall–Kier alpha value is -4.38. The molecule has 2 N–H and O–H groups in total. The molecule has 0 aliphatic heterocycles. The van der Waals surface area contributed by atoms with E-state index in [9.17, 15) is 4.79 Å². The van der Waals surface area contributed by atoms with E-state index in [-0.39, 0.29) is 5.78 Å². The van der Waals surface area contributed by atoms with Gasteiger partial charge in [-0.15, -0.1) is 5.10 Å². The number of ether oxygens (including phenoxy) is 1. The number of nitrogens with zero attached hydrogens (tertiary/aromatic N) is 7. The lowest BCUT2D eigenvalue weighted by Crippen LogP contribution is -2.12. The molecule has 0 fully saturated rings. The first-order chi connectivity index (χ1) is 17.4. The van der Waals surface area contributed by atoms with E-state index in [0.29, 0.717) is 53.1 Å². The molecule has 4 aromatic rings. The zero-order valence-corrected chi connectivity index (χ0v) is 21.0. The maximum atomic E-state index is 12.7. The van der Waals surface area contributed by atoms with E-state index in [4.69, 9.17) is 4.74 Å². The van der Waals surface area contributed by atoms with Crippen LogP contribution in [0.2, 0.25) is 0 Å². The molecule has 0 aliphatic carbocycles. The maximum absolute atomic E-state index is 12.7. The van der Waals surface area contributed by atoms with Crippen molar-refractivity contribution in [2.24, 2.45) is 7.05 Å². The first-order valence-corrected chi connectivity index (χ1v) is 11.5. The van der Waals surface area contributed by atoms with E-state index in [1.165, 1.54) is 0 Å². The Balaban J connectivity index is 1.66. The van der Waals surface area contributed by atoms with Crippen molar-refractivity contribution in [2.75, 3.05) is 31.8 Å². The van der Waals surface area contributed by atoms with E-state index >= 15 is 0 Å². The van der Waals surface area contributed by atoms with E-state index < -0.39 is 0 Å². The lowest BCUT2D eigenvalue weighted by Gasteiger charge is -2.17. The molecule has 186 valence electrons. The van der Waals surface area contributed by atoms with Gasteiger partial charge in [0.15, 0.2) is 23.2 Å². The zero-order chi connectivity index (χ0) is 25.7. The molecule has 3 aromatic heterocycles. The first-order valence-electron chi connectivity index (χ1n) is 11.5. The number of Topliss-reactive ketones (excluding diaryl/α,β-unsaturated/α-hetero) is 1. The Labute approximate surface area is 209 Å². The molecule has 0 spiro atoms. The van der Waals surface area contributed by atoms with Crippen LogP contribution in [0.15, 0.2) is 48.9 Å². The second-order valence-corrected chi connectivity index (χ2v) is 8.42. The minimum atomic E-state index is -0.0362. The van der Waals surface area contributed by atoms with Crippen LogP contribution in [-0.2, 0) is 13.6 Å². The Kier molecular flexibility index (Phi) is 7.50. The van der Waals surface area contributed by atoms with Crippen LogP contribution < -0.4 is 15.4 Å². The number of anilines is 4. The molecular weight excluding hydrogens is 458 g/mol. The summed E-state index contributed by atoms with van der Waals surface area (Å²) in [6.07, 6.45) is 3.53. The number of benzene rings is 1. The van der Waals surface area contributed by atoms with Gasteiger partial charge in [0, 0.05) is 32.3 Å². The van der Waals surface area contributed by atoms with Crippen LogP contribution in [0.25, 0.3) is 11.4 Å². The Bertz CT molecular complexity index is 1350. The van der Waals surface area contributed by atoms with Gasteiger partial charge in [-0.2, -0.15) is 10.2 Å². The van der Waals surface area contributed by atoms with E-state index in [2.05, 4.69) is 35.9 Å². The van der Waals surface area contributed by atoms with Gasteiger partial charge in [-0.3, -0.25) is 9.48 Å². The fraction of sp³-hybridized carbons (Fsp3) is 0.280. The molecule has 0 amide bonds. The number of methoxy groups -OCH3 is 1. The number of hydrogen-bond donors (Lipinski definition) is 2. The van der Waals surface area contributed by atoms with Crippen molar-refractivity contribution >= 4 is 28.8 Å². The molecule has 11 heteroatoms. The van der Waals surface area contributed by atoms with Gasteiger partial charge in [-0.25, -0.2) is 9.97 Å². The van der Waals surface area contributed by atoms with Crippen molar-refractivity contribution in [2.45, 2.75) is 19.9 Å². The third kappa shape index (κ3) is 5.63. The van der Waals surface area contributed by atoms with Crippen LogP contribution in [-0.4, -0.2) is 61.8 Å². The summed E-state index contributed by atoms with van der Waals surface area (Å²) in [7, 11) is 7.34. The van der Waals surface area contributed by atoms with Gasteiger partial charge < -0.3 is 20.3 Å². The van der Waals surface area contributed by atoms with Gasteiger partial charge in [0.2, 0.25) is 0 Å². The lowest BCUT2D eigenvalue weighted by atomic mass is 10.1. The molecule has 3 heterocycles. The monoisotopic (exact) mass is 487 g/mol. The minimum Gasteiger partial charge on any atom is -0.494 e. The molecule has 0 atom stereocenters. The van der Waals surface area contributed by atoms with Crippen molar-refractivity contribution in [3.63, 3.8) is 0 Å². The number of aromatic nitrogens is 6. The lowest BCUT2D eigenvalue weighted by molar-refractivity contribution is 0.0988. The molecule has 1 aromatic carbocycles. The third-order valence-electron chi connectivity index (χ3n) is 5.31. The van der Waals surface area contributed by atoms with Crippen molar-refractivity contribution < 1.29 is 9.53 Å². The Morgan fingerprint density at radius 1 is 1.06 bits per heavy atom. The number of rotatable bonds is 10. The van der Waals surface area contributed by atoms with Crippen molar-refractivity contribution in [1.82, 2.24) is 34.8 Å².